The van der Waals surface area contributed by atoms with Gasteiger partial charge in [-0.05, 0) is 0 Å². The average Bonchev–Trinajstić information content (AvgIpc) is 2.84. The number of aliphatic carboxylic acids is 1. The zero-order valence-corrected chi connectivity index (χ0v) is 22.4. The standard InChI is InChI=1S/C31H32GeO2/c1-22-10-16-27(17-11-22)32(28-18-12-23(2)13-19-28,29-20-14-24(3)15-21-29)30(25(4)31(33)34)26-8-6-5-7-9-26/h5-21,25,30H,1-4H3,(H,33,34). The first-order valence-electron chi connectivity index (χ1n) is 11.8. The van der Waals surface area contributed by atoms with Crippen LogP contribution in [0.15, 0.2) is 103 Å². The summed E-state index contributed by atoms with van der Waals surface area (Å²) in [6.45, 7) is 8.19. The number of hydrogen-bond donors (Lipinski definition) is 1. The minimum atomic E-state index is -3.63. The van der Waals surface area contributed by atoms with Crippen molar-refractivity contribution in [2.75, 3.05) is 0 Å². The van der Waals surface area contributed by atoms with Crippen LogP contribution in [0.2, 0.25) is 0 Å². The van der Waals surface area contributed by atoms with Crippen LogP contribution in [0, 0.1) is 26.7 Å². The van der Waals surface area contributed by atoms with Crippen molar-refractivity contribution in [2.24, 2.45) is 5.92 Å². The Kier molecular flexibility index (Phi) is 7.09. The first kappa shape index (κ1) is 24.0. The third-order valence-corrected chi connectivity index (χ3v) is 18.6. The van der Waals surface area contributed by atoms with Gasteiger partial charge >= 0.3 is 206 Å². The van der Waals surface area contributed by atoms with E-state index in [1.165, 1.54) is 29.9 Å². The van der Waals surface area contributed by atoms with Crippen molar-refractivity contribution in [2.45, 2.75) is 32.4 Å². The fourth-order valence-corrected chi connectivity index (χ4v) is 17.2. The van der Waals surface area contributed by atoms with Gasteiger partial charge in [0.25, 0.3) is 0 Å². The summed E-state index contributed by atoms with van der Waals surface area (Å²) < 4.78 is 3.69. The van der Waals surface area contributed by atoms with Crippen LogP contribution in [0.5, 0.6) is 0 Å². The third-order valence-electron chi connectivity index (χ3n) is 7.04. The molecule has 0 fully saturated rings. The molecule has 3 heteroatoms. The Bertz CT molecular complexity index is 1130. The van der Waals surface area contributed by atoms with Gasteiger partial charge in [0.2, 0.25) is 0 Å². The van der Waals surface area contributed by atoms with E-state index in [9.17, 15) is 9.90 Å². The van der Waals surface area contributed by atoms with Crippen LogP contribution in [0.1, 0.15) is 33.9 Å². The summed E-state index contributed by atoms with van der Waals surface area (Å²) in [4.78, 5) is 12.6. The molecule has 1 N–H and O–H groups in total. The predicted octanol–water partition coefficient (Wildman–Crippen LogP) is 5.13. The fourth-order valence-electron chi connectivity index (χ4n) is 5.20. The molecule has 0 aliphatic heterocycles. The second-order valence-electron chi connectivity index (χ2n) is 9.42. The first-order valence-corrected chi connectivity index (χ1v) is 16.2. The van der Waals surface area contributed by atoms with Gasteiger partial charge in [0.05, 0.1) is 0 Å². The van der Waals surface area contributed by atoms with Gasteiger partial charge in [-0.2, -0.15) is 0 Å². The van der Waals surface area contributed by atoms with E-state index in [1.54, 1.807) is 0 Å². The Labute approximate surface area is 205 Å². The van der Waals surface area contributed by atoms with Gasteiger partial charge < -0.3 is 0 Å². The maximum absolute atomic E-state index is 12.6. The van der Waals surface area contributed by atoms with Gasteiger partial charge in [-0.1, -0.05) is 0 Å². The monoisotopic (exact) mass is 510 g/mol. The van der Waals surface area contributed by atoms with Gasteiger partial charge in [-0.3, -0.25) is 0 Å². The van der Waals surface area contributed by atoms with Crippen molar-refractivity contribution in [3.8, 4) is 0 Å². The van der Waals surface area contributed by atoms with Crippen molar-refractivity contribution >= 4 is 32.4 Å². The minimum absolute atomic E-state index is 0.146. The topological polar surface area (TPSA) is 37.3 Å². The van der Waals surface area contributed by atoms with Crippen molar-refractivity contribution in [1.29, 1.82) is 0 Å². The second kappa shape index (κ2) is 10.0. The van der Waals surface area contributed by atoms with E-state index in [1.807, 2.05) is 25.1 Å². The van der Waals surface area contributed by atoms with Crippen LogP contribution in [-0.2, 0) is 4.79 Å². The molecule has 4 rings (SSSR count). The Morgan fingerprint density at radius 3 is 1.29 bits per heavy atom. The molecule has 4 aromatic carbocycles. The summed E-state index contributed by atoms with van der Waals surface area (Å²) in [5.74, 6) is -1.30. The van der Waals surface area contributed by atoms with Crippen LogP contribution >= 0.6 is 0 Å². The molecule has 2 nitrogen and oxygen atoms in total. The Morgan fingerprint density at radius 1 is 0.618 bits per heavy atom. The molecule has 34 heavy (non-hydrogen) atoms. The molecule has 0 saturated heterocycles. The number of carboxylic acids is 1. The van der Waals surface area contributed by atoms with Gasteiger partial charge in [0.1, 0.15) is 0 Å². The summed E-state index contributed by atoms with van der Waals surface area (Å²) in [5, 5.41) is 10.4. The van der Waals surface area contributed by atoms with Crippen LogP contribution in [0.25, 0.3) is 0 Å². The van der Waals surface area contributed by atoms with E-state index < -0.39 is 25.2 Å². The van der Waals surface area contributed by atoms with E-state index in [4.69, 9.17) is 0 Å². The molecule has 172 valence electrons. The van der Waals surface area contributed by atoms with E-state index in [0.717, 1.165) is 5.56 Å². The molecule has 0 aliphatic rings. The molecule has 4 aromatic rings. The van der Waals surface area contributed by atoms with Gasteiger partial charge in [0.15, 0.2) is 0 Å². The summed E-state index contributed by atoms with van der Waals surface area (Å²) in [6, 6.07) is 36.8. The van der Waals surface area contributed by atoms with E-state index in [-0.39, 0.29) is 4.75 Å². The van der Waals surface area contributed by atoms with E-state index in [0.29, 0.717) is 0 Å². The molecule has 0 radical (unpaired) electrons. The molecule has 2 atom stereocenters. The number of carboxylic acid groups (broad SMARTS) is 1. The molecular formula is C31H32GeO2. The molecule has 0 saturated carbocycles. The van der Waals surface area contributed by atoms with E-state index in [2.05, 4.69) is 106 Å². The molecule has 0 spiro atoms. The quantitative estimate of drug-likeness (QED) is 0.351. The normalized spacial score (nSPS) is 13.3. The van der Waals surface area contributed by atoms with E-state index >= 15 is 0 Å². The molecular weight excluding hydrogens is 477 g/mol. The van der Waals surface area contributed by atoms with Crippen molar-refractivity contribution in [3.05, 3.63) is 125 Å². The number of aryl methyl sites for hydroxylation is 3. The zero-order valence-electron chi connectivity index (χ0n) is 20.3. The summed E-state index contributed by atoms with van der Waals surface area (Å²) in [5.41, 5.74) is 4.71. The SMILES string of the molecule is Cc1cc[c]([Ge]([c]2ccc(C)cc2)([c]2ccc(C)cc2)[CH](c2ccccc2)C(C)C(=O)O)cc1. The summed E-state index contributed by atoms with van der Waals surface area (Å²) in [7, 11) is 0. The Hall–Kier alpha value is -3.11. The van der Waals surface area contributed by atoms with Gasteiger partial charge in [-0.15, -0.1) is 0 Å². The number of carbonyl (C=O) groups is 1. The van der Waals surface area contributed by atoms with Crippen LogP contribution in [-0.4, -0.2) is 24.3 Å². The second-order valence-corrected chi connectivity index (χ2v) is 17.8. The maximum atomic E-state index is 12.6. The number of rotatable bonds is 7. The zero-order chi connectivity index (χ0) is 24.3. The van der Waals surface area contributed by atoms with Crippen molar-refractivity contribution < 1.29 is 9.90 Å². The Morgan fingerprint density at radius 2 is 0.971 bits per heavy atom. The first-order chi connectivity index (χ1) is 16.3. The van der Waals surface area contributed by atoms with Crippen LogP contribution < -0.4 is 13.2 Å². The van der Waals surface area contributed by atoms with Gasteiger partial charge in [0, 0.05) is 0 Å². The number of hydrogen-bond acceptors (Lipinski definition) is 1. The van der Waals surface area contributed by atoms with Crippen LogP contribution in [0.4, 0.5) is 0 Å². The fraction of sp³-hybridized carbons (Fsp3) is 0.194. The molecule has 0 aromatic heterocycles. The molecule has 2 unspecified atom stereocenters. The molecule has 0 amide bonds. The van der Waals surface area contributed by atoms with Crippen molar-refractivity contribution in [3.63, 3.8) is 0 Å². The third kappa shape index (κ3) is 4.47. The average molecular weight is 509 g/mol. The molecule has 0 bridgehead atoms. The summed E-state index contributed by atoms with van der Waals surface area (Å²) in [6.07, 6.45) is 0. The molecule has 0 aliphatic carbocycles. The number of benzene rings is 4. The molecule has 0 heterocycles. The van der Waals surface area contributed by atoms with Crippen LogP contribution in [0.3, 0.4) is 0 Å². The van der Waals surface area contributed by atoms with Gasteiger partial charge in [-0.25, -0.2) is 0 Å². The van der Waals surface area contributed by atoms with Crippen molar-refractivity contribution in [1.82, 2.24) is 0 Å². The Balaban J connectivity index is 2.18. The predicted molar refractivity (Wildman–Crippen MR) is 144 cm³/mol. The summed E-state index contributed by atoms with van der Waals surface area (Å²) >= 11 is -3.63.